The standard InChI is InChI=1S/C17H19F2N/c1-11(2)13-5-3-12(4-6-13)9-17(20)15-10-14(18)7-8-16(15)19/h3-8,10-11,17H,9,20H2,1-2H3. The van der Waals surface area contributed by atoms with Gasteiger partial charge in [0.15, 0.2) is 0 Å². The Morgan fingerprint density at radius 3 is 2.25 bits per heavy atom. The fourth-order valence-electron chi connectivity index (χ4n) is 2.20. The van der Waals surface area contributed by atoms with Crippen molar-refractivity contribution in [1.29, 1.82) is 0 Å². The van der Waals surface area contributed by atoms with Crippen LogP contribution in [0.15, 0.2) is 42.5 Å². The Hall–Kier alpha value is -1.74. The zero-order valence-electron chi connectivity index (χ0n) is 11.7. The molecule has 0 aromatic heterocycles. The van der Waals surface area contributed by atoms with Crippen molar-refractivity contribution in [2.45, 2.75) is 32.2 Å². The maximum absolute atomic E-state index is 13.6. The van der Waals surface area contributed by atoms with Crippen molar-refractivity contribution >= 4 is 0 Å². The maximum atomic E-state index is 13.6. The van der Waals surface area contributed by atoms with Crippen molar-refractivity contribution in [3.63, 3.8) is 0 Å². The molecule has 0 aliphatic rings. The normalized spacial score (nSPS) is 12.7. The number of halogens is 2. The van der Waals surface area contributed by atoms with Gasteiger partial charge in [0.25, 0.3) is 0 Å². The average Bonchev–Trinajstić information content (AvgIpc) is 2.42. The molecule has 0 radical (unpaired) electrons. The summed E-state index contributed by atoms with van der Waals surface area (Å²) in [6.45, 7) is 4.26. The minimum absolute atomic E-state index is 0.220. The lowest BCUT2D eigenvalue weighted by Crippen LogP contribution is -2.15. The van der Waals surface area contributed by atoms with Gasteiger partial charge in [0.1, 0.15) is 11.6 Å². The SMILES string of the molecule is CC(C)c1ccc(CC(N)c2cc(F)ccc2F)cc1. The Balaban J connectivity index is 2.14. The van der Waals surface area contributed by atoms with Crippen LogP contribution < -0.4 is 5.73 Å². The van der Waals surface area contributed by atoms with Crippen LogP contribution in [-0.2, 0) is 6.42 Å². The summed E-state index contributed by atoms with van der Waals surface area (Å²) in [6, 6.07) is 10.9. The molecular formula is C17H19F2N. The highest BCUT2D eigenvalue weighted by molar-refractivity contribution is 5.28. The lowest BCUT2D eigenvalue weighted by atomic mass is 9.96. The van der Waals surface area contributed by atoms with Crippen molar-refractivity contribution in [2.75, 3.05) is 0 Å². The zero-order chi connectivity index (χ0) is 14.7. The van der Waals surface area contributed by atoms with Gasteiger partial charge in [0, 0.05) is 11.6 Å². The topological polar surface area (TPSA) is 26.0 Å². The van der Waals surface area contributed by atoms with Crippen LogP contribution in [-0.4, -0.2) is 0 Å². The van der Waals surface area contributed by atoms with E-state index in [9.17, 15) is 8.78 Å². The Bertz CT molecular complexity index is 576. The second kappa shape index (κ2) is 6.14. The number of nitrogens with two attached hydrogens (primary N) is 1. The van der Waals surface area contributed by atoms with E-state index in [2.05, 4.69) is 26.0 Å². The van der Waals surface area contributed by atoms with Crippen molar-refractivity contribution in [3.8, 4) is 0 Å². The third kappa shape index (κ3) is 3.42. The van der Waals surface area contributed by atoms with Crippen LogP contribution in [0.3, 0.4) is 0 Å². The average molecular weight is 275 g/mol. The molecule has 2 aromatic rings. The zero-order valence-corrected chi connectivity index (χ0v) is 11.7. The molecule has 0 aliphatic carbocycles. The Morgan fingerprint density at radius 2 is 1.65 bits per heavy atom. The van der Waals surface area contributed by atoms with Gasteiger partial charge in [0.05, 0.1) is 0 Å². The first-order valence-electron chi connectivity index (χ1n) is 6.76. The molecule has 2 rings (SSSR count). The molecule has 1 nitrogen and oxygen atoms in total. The molecule has 0 amide bonds. The van der Waals surface area contributed by atoms with Gasteiger partial charge < -0.3 is 5.73 Å². The first-order valence-corrected chi connectivity index (χ1v) is 6.76. The van der Waals surface area contributed by atoms with Crippen LogP contribution in [0.25, 0.3) is 0 Å². The monoisotopic (exact) mass is 275 g/mol. The van der Waals surface area contributed by atoms with Crippen molar-refractivity contribution in [3.05, 3.63) is 70.8 Å². The molecule has 1 unspecified atom stereocenters. The fraction of sp³-hybridized carbons (Fsp3) is 0.294. The lowest BCUT2D eigenvalue weighted by molar-refractivity contribution is 0.561. The molecule has 2 aromatic carbocycles. The van der Waals surface area contributed by atoms with E-state index in [-0.39, 0.29) is 5.56 Å². The summed E-state index contributed by atoms with van der Waals surface area (Å²) in [5.41, 5.74) is 8.48. The molecule has 0 saturated heterocycles. The molecule has 1 atom stereocenters. The van der Waals surface area contributed by atoms with Gasteiger partial charge in [-0.25, -0.2) is 8.78 Å². The van der Waals surface area contributed by atoms with Crippen molar-refractivity contribution < 1.29 is 8.78 Å². The summed E-state index contributed by atoms with van der Waals surface area (Å²) in [4.78, 5) is 0. The number of hydrogen-bond acceptors (Lipinski definition) is 1. The quantitative estimate of drug-likeness (QED) is 0.883. The minimum Gasteiger partial charge on any atom is -0.324 e. The van der Waals surface area contributed by atoms with Crippen molar-refractivity contribution in [2.24, 2.45) is 5.73 Å². The molecule has 2 N–H and O–H groups in total. The van der Waals surface area contributed by atoms with Gasteiger partial charge in [-0.15, -0.1) is 0 Å². The third-order valence-electron chi connectivity index (χ3n) is 3.46. The van der Waals surface area contributed by atoms with Crippen LogP contribution in [0.4, 0.5) is 8.78 Å². The number of hydrogen-bond donors (Lipinski definition) is 1. The third-order valence-corrected chi connectivity index (χ3v) is 3.46. The summed E-state index contributed by atoms with van der Waals surface area (Å²) in [7, 11) is 0. The summed E-state index contributed by atoms with van der Waals surface area (Å²) in [6.07, 6.45) is 0.485. The van der Waals surface area contributed by atoms with Crippen LogP contribution in [0.1, 0.15) is 42.5 Å². The second-order valence-corrected chi connectivity index (χ2v) is 5.37. The second-order valence-electron chi connectivity index (χ2n) is 5.37. The number of rotatable bonds is 4. The first kappa shape index (κ1) is 14.7. The molecule has 0 bridgehead atoms. The molecular weight excluding hydrogens is 256 g/mol. The molecule has 20 heavy (non-hydrogen) atoms. The van der Waals surface area contributed by atoms with E-state index in [1.807, 2.05) is 12.1 Å². The van der Waals surface area contributed by atoms with E-state index in [0.29, 0.717) is 12.3 Å². The van der Waals surface area contributed by atoms with E-state index in [1.54, 1.807) is 0 Å². The van der Waals surface area contributed by atoms with Crippen LogP contribution in [0.5, 0.6) is 0 Å². The van der Waals surface area contributed by atoms with E-state index in [4.69, 9.17) is 5.73 Å². The molecule has 0 spiro atoms. The van der Waals surface area contributed by atoms with Gasteiger partial charge in [0.2, 0.25) is 0 Å². The van der Waals surface area contributed by atoms with Crippen LogP contribution in [0.2, 0.25) is 0 Å². The molecule has 0 heterocycles. The molecule has 0 aliphatic heterocycles. The van der Waals surface area contributed by atoms with Gasteiger partial charge in [-0.05, 0) is 41.7 Å². The summed E-state index contributed by atoms with van der Waals surface area (Å²) in [5.74, 6) is -0.455. The summed E-state index contributed by atoms with van der Waals surface area (Å²) in [5, 5.41) is 0. The van der Waals surface area contributed by atoms with E-state index >= 15 is 0 Å². The highest BCUT2D eigenvalue weighted by Gasteiger charge is 2.13. The van der Waals surface area contributed by atoms with E-state index < -0.39 is 17.7 Å². The number of benzene rings is 2. The first-order chi connectivity index (χ1) is 9.47. The fourth-order valence-corrected chi connectivity index (χ4v) is 2.20. The Morgan fingerprint density at radius 1 is 1.00 bits per heavy atom. The van der Waals surface area contributed by atoms with Crippen LogP contribution >= 0.6 is 0 Å². The van der Waals surface area contributed by atoms with Crippen LogP contribution in [0, 0.1) is 11.6 Å². The van der Waals surface area contributed by atoms with Gasteiger partial charge >= 0.3 is 0 Å². The summed E-state index contributed by atoms with van der Waals surface area (Å²) >= 11 is 0. The summed E-state index contributed by atoms with van der Waals surface area (Å²) < 4.78 is 26.8. The van der Waals surface area contributed by atoms with E-state index in [1.165, 1.54) is 11.6 Å². The minimum atomic E-state index is -0.546. The van der Waals surface area contributed by atoms with E-state index in [0.717, 1.165) is 17.7 Å². The largest absolute Gasteiger partial charge is 0.324 e. The maximum Gasteiger partial charge on any atom is 0.128 e. The van der Waals surface area contributed by atoms with Gasteiger partial charge in [-0.3, -0.25) is 0 Å². The predicted molar refractivity (Wildman–Crippen MR) is 77.5 cm³/mol. The van der Waals surface area contributed by atoms with Gasteiger partial charge in [-0.1, -0.05) is 38.1 Å². The Kier molecular flexibility index (Phi) is 4.50. The molecule has 0 saturated carbocycles. The van der Waals surface area contributed by atoms with Crippen molar-refractivity contribution in [1.82, 2.24) is 0 Å². The van der Waals surface area contributed by atoms with Gasteiger partial charge in [-0.2, -0.15) is 0 Å². The molecule has 106 valence electrons. The highest BCUT2D eigenvalue weighted by Crippen LogP contribution is 2.21. The Labute approximate surface area is 118 Å². The smallest absolute Gasteiger partial charge is 0.128 e. The highest BCUT2D eigenvalue weighted by atomic mass is 19.1. The molecule has 0 fully saturated rings. The lowest BCUT2D eigenvalue weighted by Gasteiger charge is -2.14. The predicted octanol–water partition coefficient (Wildman–Crippen LogP) is 4.33. The molecule has 3 heteroatoms.